The van der Waals surface area contributed by atoms with E-state index >= 15 is 0 Å². The summed E-state index contributed by atoms with van der Waals surface area (Å²) in [6.45, 7) is 2.99. The van der Waals surface area contributed by atoms with E-state index < -0.39 is 0 Å². The molecule has 0 saturated carbocycles. The molecule has 0 saturated heterocycles. The first-order valence-corrected chi connectivity index (χ1v) is 9.66. The lowest BCUT2D eigenvalue weighted by atomic mass is 10.1. The summed E-state index contributed by atoms with van der Waals surface area (Å²) in [5, 5.41) is 15.1. The third kappa shape index (κ3) is 4.45. The highest BCUT2D eigenvalue weighted by atomic mass is 32.2. The maximum Gasteiger partial charge on any atom is 0.234 e. The first-order chi connectivity index (χ1) is 11.2. The topological polar surface area (TPSA) is 66.9 Å². The van der Waals surface area contributed by atoms with Crippen LogP contribution in [0.5, 0.6) is 0 Å². The van der Waals surface area contributed by atoms with E-state index in [0.717, 1.165) is 41.0 Å². The van der Waals surface area contributed by atoms with Crippen LogP contribution < -0.4 is 10.6 Å². The van der Waals surface area contributed by atoms with Crippen LogP contribution in [0.1, 0.15) is 30.9 Å². The predicted molar refractivity (Wildman–Crippen MR) is 96.5 cm³/mol. The number of hydrogen-bond acceptors (Lipinski definition) is 6. The number of fused-ring (bicyclic) bond motifs is 1. The fourth-order valence-electron chi connectivity index (χ4n) is 2.55. The van der Waals surface area contributed by atoms with Crippen LogP contribution in [0.3, 0.4) is 0 Å². The number of rotatable bonds is 7. The molecule has 1 aliphatic carbocycles. The molecule has 2 N–H and O–H groups in total. The van der Waals surface area contributed by atoms with Crippen LogP contribution in [0.4, 0.5) is 10.8 Å². The summed E-state index contributed by atoms with van der Waals surface area (Å²) in [7, 11) is 0. The van der Waals surface area contributed by atoms with Gasteiger partial charge in [-0.2, -0.15) is 0 Å². The zero-order chi connectivity index (χ0) is 16.1. The van der Waals surface area contributed by atoms with E-state index in [9.17, 15) is 4.79 Å². The molecule has 23 heavy (non-hydrogen) atoms. The number of hydrogen-bond donors (Lipinski definition) is 2. The quantitative estimate of drug-likeness (QED) is 0.749. The minimum Gasteiger partial charge on any atom is -0.360 e. The van der Waals surface area contributed by atoms with Crippen molar-refractivity contribution in [2.45, 2.75) is 36.9 Å². The van der Waals surface area contributed by atoms with Gasteiger partial charge in [0, 0.05) is 12.2 Å². The van der Waals surface area contributed by atoms with Crippen LogP contribution in [-0.2, 0) is 17.6 Å². The first kappa shape index (κ1) is 16.3. The second kappa shape index (κ2) is 7.79. The molecule has 1 amide bonds. The number of carbonyl (C=O) groups is 1. The molecule has 0 radical (unpaired) electrons. The van der Waals surface area contributed by atoms with Gasteiger partial charge in [0.1, 0.15) is 0 Å². The van der Waals surface area contributed by atoms with E-state index in [-0.39, 0.29) is 5.91 Å². The number of thioether (sulfide) groups is 1. The lowest BCUT2D eigenvalue weighted by Gasteiger charge is -2.06. The Labute approximate surface area is 144 Å². The molecule has 1 aromatic carbocycles. The first-order valence-electron chi connectivity index (χ1n) is 7.86. The van der Waals surface area contributed by atoms with Gasteiger partial charge in [-0.15, -0.1) is 10.2 Å². The fraction of sp³-hybridized carbons (Fsp3) is 0.438. The average molecular weight is 348 g/mol. The molecule has 1 aromatic heterocycles. The Morgan fingerprint density at radius 3 is 3.04 bits per heavy atom. The molecule has 122 valence electrons. The van der Waals surface area contributed by atoms with Crippen LogP contribution in [0.25, 0.3) is 0 Å². The summed E-state index contributed by atoms with van der Waals surface area (Å²) in [5.41, 5.74) is 3.67. The van der Waals surface area contributed by atoms with Gasteiger partial charge in [-0.25, -0.2) is 0 Å². The van der Waals surface area contributed by atoms with Crippen LogP contribution in [0.2, 0.25) is 0 Å². The number of aromatic nitrogens is 2. The number of anilines is 2. The highest BCUT2D eigenvalue weighted by molar-refractivity contribution is 8.01. The van der Waals surface area contributed by atoms with Gasteiger partial charge in [0.05, 0.1) is 5.75 Å². The zero-order valence-corrected chi connectivity index (χ0v) is 14.7. The van der Waals surface area contributed by atoms with Gasteiger partial charge >= 0.3 is 0 Å². The molecular weight excluding hydrogens is 328 g/mol. The van der Waals surface area contributed by atoms with E-state index in [0.29, 0.717) is 5.75 Å². The van der Waals surface area contributed by atoms with Crippen molar-refractivity contribution in [2.75, 3.05) is 22.9 Å². The summed E-state index contributed by atoms with van der Waals surface area (Å²) >= 11 is 2.91. The van der Waals surface area contributed by atoms with Crippen LogP contribution in [-0.4, -0.2) is 28.4 Å². The molecule has 7 heteroatoms. The maximum atomic E-state index is 12.1. The minimum absolute atomic E-state index is 0.00813. The molecule has 5 nitrogen and oxygen atoms in total. The smallest absolute Gasteiger partial charge is 0.234 e. The van der Waals surface area contributed by atoms with Gasteiger partial charge < -0.3 is 10.6 Å². The monoisotopic (exact) mass is 348 g/mol. The number of nitrogens with one attached hydrogen (secondary N) is 2. The van der Waals surface area contributed by atoms with Crippen LogP contribution in [0, 0.1) is 0 Å². The van der Waals surface area contributed by atoms with Gasteiger partial charge in [0.25, 0.3) is 0 Å². The molecule has 0 atom stereocenters. The van der Waals surface area contributed by atoms with E-state index in [2.05, 4.69) is 39.9 Å². The molecule has 3 rings (SSSR count). The number of carbonyl (C=O) groups excluding carboxylic acids is 1. The van der Waals surface area contributed by atoms with Crippen molar-refractivity contribution in [1.29, 1.82) is 0 Å². The average Bonchev–Trinajstić information content (AvgIpc) is 3.19. The number of aryl methyl sites for hydroxylation is 2. The summed E-state index contributed by atoms with van der Waals surface area (Å²) in [4.78, 5) is 12.1. The predicted octanol–water partition coefficient (Wildman–Crippen LogP) is 3.58. The molecule has 0 unspecified atom stereocenters. The molecule has 0 spiro atoms. The second-order valence-electron chi connectivity index (χ2n) is 5.47. The minimum atomic E-state index is -0.00813. The van der Waals surface area contributed by atoms with Gasteiger partial charge in [-0.1, -0.05) is 36.1 Å². The van der Waals surface area contributed by atoms with E-state index in [1.165, 1.54) is 40.6 Å². The van der Waals surface area contributed by atoms with E-state index in [4.69, 9.17) is 0 Å². The van der Waals surface area contributed by atoms with Crippen LogP contribution in [0.15, 0.2) is 22.5 Å². The van der Waals surface area contributed by atoms with Crippen molar-refractivity contribution in [3.05, 3.63) is 29.3 Å². The van der Waals surface area contributed by atoms with Gasteiger partial charge in [-0.05, 0) is 48.9 Å². The van der Waals surface area contributed by atoms with Crippen molar-refractivity contribution in [3.8, 4) is 0 Å². The molecular formula is C16H20N4OS2. The van der Waals surface area contributed by atoms with E-state index in [1.54, 1.807) is 0 Å². The molecule has 2 aromatic rings. The summed E-state index contributed by atoms with van der Waals surface area (Å²) in [5.74, 6) is 0.339. The Bertz CT molecular complexity index is 686. The summed E-state index contributed by atoms with van der Waals surface area (Å²) < 4.78 is 0.813. The van der Waals surface area contributed by atoms with Gasteiger partial charge in [0.2, 0.25) is 11.0 Å². The molecule has 0 aliphatic heterocycles. The Balaban J connectivity index is 1.48. The van der Waals surface area contributed by atoms with Crippen molar-refractivity contribution in [1.82, 2.24) is 10.2 Å². The second-order valence-corrected chi connectivity index (χ2v) is 7.67. The standard InChI is InChI=1S/C16H20N4OS2/c1-2-8-17-15-19-20-16(23-15)22-10-14(21)18-13-7-6-11-4-3-5-12(11)9-13/h6-7,9H,2-5,8,10H2,1H3,(H,17,19)(H,18,21). The normalized spacial score (nSPS) is 12.9. The highest BCUT2D eigenvalue weighted by Crippen LogP contribution is 2.27. The number of benzene rings is 1. The van der Waals surface area contributed by atoms with Gasteiger partial charge in [-0.3, -0.25) is 4.79 Å². The molecule has 1 aliphatic rings. The number of nitrogens with zero attached hydrogens (tertiary/aromatic N) is 2. The van der Waals surface area contributed by atoms with Crippen molar-refractivity contribution < 1.29 is 4.79 Å². The third-order valence-electron chi connectivity index (χ3n) is 3.64. The number of amides is 1. The van der Waals surface area contributed by atoms with Crippen molar-refractivity contribution >= 4 is 39.8 Å². The molecule has 0 bridgehead atoms. The Morgan fingerprint density at radius 1 is 1.30 bits per heavy atom. The maximum absolute atomic E-state index is 12.1. The Morgan fingerprint density at radius 2 is 2.17 bits per heavy atom. The zero-order valence-electron chi connectivity index (χ0n) is 13.1. The Kier molecular flexibility index (Phi) is 5.51. The van der Waals surface area contributed by atoms with E-state index in [1.807, 2.05) is 6.07 Å². The van der Waals surface area contributed by atoms with Crippen molar-refractivity contribution in [2.24, 2.45) is 0 Å². The summed E-state index contributed by atoms with van der Waals surface area (Å²) in [6, 6.07) is 6.22. The Hall–Kier alpha value is -1.60. The summed E-state index contributed by atoms with van der Waals surface area (Å²) in [6.07, 6.45) is 4.54. The SMILES string of the molecule is CCCNc1nnc(SCC(=O)Nc2ccc3c(c2)CCC3)s1. The lowest BCUT2D eigenvalue weighted by Crippen LogP contribution is -2.14. The van der Waals surface area contributed by atoms with Crippen molar-refractivity contribution in [3.63, 3.8) is 0 Å². The highest BCUT2D eigenvalue weighted by Gasteiger charge is 2.12. The third-order valence-corrected chi connectivity index (χ3v) is 5.66. The van der Waals surface area contributed by atoms with Crippen LogP contribution >= 0.6 is 23.1 Å². The fourth-order valence-corrected chi connectivity index (χ4v) is 4.12. The lowest BCUT2D eigenvalue weighted by molar-refractivity contribution is -0.113. The molecule has 0 fully saturated rings. The van der Waals surface area contributed by atoms with Gasteiger partial charge in [0.15, 0.2) is 4.34 Å². The largest absolute Gasteiger partial charge is 0.360 e. The molecule has 1 heterocycles.